The molecule has 5 heteroatoms. The van der Waals surface area contributed by atoms with Crippen molar-refractivity contribution in [3.63, 3.8) is 0 Å². The highest BCUT2D eigenvalue weighted by Gasteiger charge is 2.41. The summed E-state index contributed by atoms with van der Waals surface area (Å²) in [5.74, 6) is 11.2. The molecule has 0 saturated heterocycles. The third kappa shape index (κ3) is 6.11. The summed E-state index contributed by atoms with van der Waals surface area (Å²) in [5, 5.41) is 0. The van der Waals surface area contributed by atoms with Crippen LogP contribution in [0.15, 0.2) is 72.3 Å². The Kier molecular flexibility index (Phi) is 9.29. The fourth-order valence-electron chi connectivity index (χ4n) is 3.16. The van der Waals surface area contributed by atoms with Crippen LogP contribution in [0, 0.1) is 23.7 Å². The number of ether oxygens (including phenoxy) is 2. The number of esters is 2. The van der Waals surface area contributed by atoms with Crippen molar-refractivity contribution in [2.24, 2.45) is 0 Å². The fraction of sp³-hybridized carbons (Fsp3) is 0.259. The largest absolute Gasteiger partial charge is 0.466 e. The van der Waals surface area contributed by atoms with E-state index in [4.69, 9.17) is 9.47 Å². The third-order valence-corrected chi connectivity index (χ3v) is 4.82. The zero-order valence-corrected chi connectivity index (χ0v) is 18.8. The van der Waals surface area contributed by atoms with Crippen LogP contribution in [0.5, 0.6) is 0 Å². The lowest BCUT2D eigenvalue weighted by molar-refractivity contribution is -0.139. The number of benzene rings is 2. The second kappa shape index (κ2) is 12.2. The normalized spacial score (nSPS) is 11.0. The standard InChI is InChI=1S/C27H27NO4/c1-5-28(6-2)27(19-17-22-13-9-7-10-14-22,20-18-23-15-11-8-12-16-23)24(26(30)32-4)21-25(29)31-3/h7-16,21H,5-6H2,1-4H3/b24-21+. The summed E-state index contributed by atoms with van der Waals surface area (Å²) in [7, 11) is 2.51. The van der Waals surface area contributed by atoms with Gasteiger partial charge in [-0.25, -0.2) is 9.59 Å². The van der Waals surface area contributed by atoms with E-state index in [1.165, 1.54) is 14.2 Å². The summed E-state index contributed by atoms with van der Waals surface area (Å²) in [6.45, 7) is 4.94. The predicted octanol–water partition coefficient (Wildman–Crippen LogP) is 3.44. The third-order valence-electron chi connectivity index (χ3n) is 4.82. The van der Waals surface area contributed by atoms with Crippen molar-refractivity contribution in [3.05, 3.63) is 83.4 Å². The number of hydrogen-bond donors (Lipinski definition) is 0. The summed E-state index contributed by atoms with van der Waals surface area (Å²) in [6.07, 6.45) is 1.11. The van der Waals surface area contributed by atoms with Gasteiger partial charge in [0.15, 0.2) is 5.54 Å². The molecule has 5 nitrogen and oxygen atoms in total. The van der Waals surface area contributed by atoms with Crippen LogP contribution in [0.4, 0.5) is 0 Å². The molecule has 0 radical (unpaired) electrons. The maximum absolute atomic E-state index is 12.9. The first-order chi connectivity index (χ1) is 15.5. The van der Waals surface area contributed by atoms with Gasteiger partial charge in [-0.05, 0) is 37.4 Å². The van der Waals surface area contributed by atoms with Crippen molar-refractivity contribution in [1.82, 2.24) is 4.90 Å². The Balaban J connectivity index is 2.87. The zero-order valence-electron chi connectivity index (χ0n) is 18.8. The Morgan fingerprint density at radius 1 is 0.844 bits per heavy atom. The Labute approximate surface area is 190 Å². The molecule has 2 aromatic rings. The second-order valence-electron chi connectivity index (χ2n) is 6.69. The molecule has 0 aromatic heterocycles. The second-order valence-corrected chi connectivity index (χ2v) is 6.69. The molecule has 2 rings (SSSR count). The minimum absolute atomic E-state index is 0.00223. The summed E-state index contributed by atoms with van der Waals surface area (Å²) in [5.41, 5.74) is 0.110. The minimum Gasteiger partial charge on any atom is -0.466 e. The molecule has 0 unspecified atom stereocenters. The zero-order chi connectivity index (χ0) is 23.4. The number of carbonyl (C=O) groups is 2. The van der Waals surface area contributed by atoms with Gasteiger partial charge in [-0.2, -0.15) is 0 Å². The number of carbonyl (C=O) groups excluding carboxylic acids is 2. The number of likely N-dealkylation sites (N-methyl/N-ethyl adjacent to an activating group) is 1. The van der Waals surface area contributed by atoms with Gasteiger partial charge in [-0.3, -0.25) is 4.90 Å². The molecule has 0 heterocycles. The molecule has 0 bridgehead atoms. The molecule has 0 aliphatic rings. The minimum atomic E-state index is -1.41. The van der Waals surface area contributed by atoms with E-state index in [1.54, 1.807) is 0 Å². The maximum atomic E-state index is 12.9. The van der Waals surface area contributed by atoms with E-state index in [2.05, 4.69) is 23.7 Å². The van der Waals surface area contributed by atoms with Gasteiger partial charge in [0.05, 0.1) is 19.8 Å². The van der Waals surface area contributed by atoms with Crippen molar-refractivity contribution in [3.8, 4) is 23.7 Å². The fourth-order valence-corrected chi connectivity index (χ4v) is 3.16. The molecule has 0 atom stereocenters. The molecule has 0 fully saturated rings. The van der Waals surface area contributed by atoms with Crippen LogP contribution < -0.4 is 0 Å². The molecule has 0 amide bonds. The highest BCUT2D eigenvalue weighted by atomic mass is 16.5. The average Bonchev–Trinajstić information content (AvgIpc) is 2.85. The summed E-state index contributed by atoms with van der Waals surface area (Å²) in [6, 6.07) is 18.8. The van der Waals surface area contributed by atoms with Gasteiger partial charge >= 0.3 is 11.9 Å². The van der Waals surface area contributed by atoms with E-state index in [0.717, 1.165) is 17.2 Å². The van der Waals surface area contributed by atoms with E-state index in [9.17, 15) is 9.59 Å². The average molecular weight is 430 g/mol. The van der Waals surface area contributed by atoms with Gasteiger partial charge < -0.3 is 9.47 Å². The quantitative estimate of drug-likeness (QED) is 0.400. The van der Waals surface area contributed by atoms with Gasteiger partial charge in [-0.1, -0.05) is 73.9 Å². The molecule has 32 heavy (non-hydrogen) atoms. The predicted molar refractivity (Wildman–Crippen MR) is 124 cm³/mol. The van der Waals surface area contributed by atoms with Crippen LogP contribution >= 0.6 is 0 Å². The van der Waals surface area contributed by atoms with Crippen molar-refractivity contribution in [2.75, 3.05) is 27.3 Å². The van der Waals surface area contributed by atoms with Crippen LogP contribution in [0.3, 0.4) is 0 Å². The highest BCUT2D eigenvalue weighted by Crippen LogP contribution is 2.26. The Bertz CT molecular complexity index is 1010. The number of methoxy groups -OCH3 is 2. The van der Waals surface area contributed by atoms with Gasteiger partial charge in [0, 0.05) is 17.2 Å². The van der Waals surface area contributed by atoms with E-state index >= 15 is 0 Å². The summed E-state index contributed by atoms with van der Waals surface area (Å²) >= 11 is 0. The molecule has 164 valence electrons. The van der Waals surface area contributed by atoms with Crippen LogP contribution in [0.2, 0.25) is 0 Å². The maximum Gasteiger partial charge on any atom is 0.337 e. The molecule has 2 aromatic carbocycles. The lowest BCUT2D eigenvalue weighted by atomic mass is 9.86. The molecule has 0 saturated carbocycles. The number of hydrogen-bond acceptors (Lipinski definition) is 5. The molecule has 0 aliphatic carbocycles. The molecular formula is C27H27NO4. The summed E-state index contributed by atoms with van der Waals surface area (Å²) in [4.78, 5) is 27.0. The smallest absolute Gasteiger partial charge is 0.337 e. The summed E-state index contributed by atoms with van der Waals surface area (Å²) < 4.78 is 9.83. The van der Waals surface area contributed by atoms with Crippen LogP contribution in [0.1, 0.15) is 25.0 Å². The van der Waals surface area contributed by atoms with Crippen LogP contribution in [0.25, 0.3) is 0 Å². The van der Waals surface area contributed by atoms with E-state index in [0.29, 0.717) is 13.1 Å². The Morgan fingerprint density at radius 3 is 1.69 bits per heavy atom. The SMILES string of the molecule is CCN(CC)C(C#Cc1ccccc1)(C#Cc1ccccc1)/C(=C/C(=O)OC)C(=O)OC. The molecule has 0 N–H and O–H groups in total. The van der Waals surface area contributed by atoms with Crippen LogP contribution in [-0.4, -0.2) is 49.7 Å². The van der Waals surface area contributed by atoms with Crippen LogP contribution in [-0.2, 0) is 19.1 Å². The molecule has 0 aliphatic heterocycles. The number of nitrogens with zero attached hydrogens (tertiary/aromatic N) is 1. The first-order valence-corrected chi connectivity index (χ1v) is 10.3. The first-order valence-electron chi connectivity index (χ1n) is 10.3. The Hall–Kier alpha value is -3.80. The van der Waals surface area contributed by atoms with Gasteiger partial charge in [0.25, 0.3) is 0 Å². The van der Waals surface area contributed by atoms with Crippen molar-refractivity contribution in [1.29, 1.82) is 0 Å². The van der Waals surface area contributed by atoms with Gasteiger partial charge in [0.2, 0.25) is 0 Å². The topological polar surface area (TPSA) is 55.8 Å². The van der Waals surface area contributed by atoms with Crippen molar-refractivity contribution < 1.29 is 19.1 Å². The Morgan fingerprint density at radius 2 is 1.31 bits per heavy atom. The monoisotopic (exact) mass is 429 g/mol. The highest BCUT2D eigenvalue weighted by molar-refractivity contribution is 6.00. The van der Waals surface area contributed by atoms with E-state index < -0.39 is 17.5 Å². The molecular weight excluding hydrogens is 402 g/mol. The van der Waals surface area contributed by atoms with Gasteiger partial charge in [-0.15, -0.1) is 0 Å². The van der Waals surface area contributed by atoms with E-state index in [-0.39, 0.29) is 5.57 Å². The van der Waals surface area contributed by atoms with Crippen molar-refractivity contribution in [2.45, 2.75) is 19.4 Å². The van der Waals surface area contributed by atoms with Crippen molar-refractivity contribution >= 4 is 11.9 Å². The number of rotatable bonds is 6. The first kappa shape index (κ1) is 24.5. The van der Waals surface area contributed by atoms with E-state index in [1.807, 2.05) is 79.4 Å². The molecule has 0 spiro atoms. The lowest BCUT2D eigenvalue weighted by Gasteiger charge is -2.35. The van der Waals surface area contributed by atoms with Gasteiger partial charge in [0.1, 0.15) is 0 Å². The lowest BCUT2D eigenvalue weighted by Crippen LogP contribution is -2.50.